The molecule has 1 aliphatic rings. The number of likely N-dealkylation sites (tertiary alicyclic amines) is 1. The first-order valence-corrected chi connectivity index (χ1v) is 11.0. The fourth-order valence-corrected chi connectivity index (χ4v) is 4.60. The van der Waals surface area contributed by atoms with Crippen molar-refractivity contribution in [3.05, 3.63) is 88.1 Å². The van der Waals surface area contributed by atoms with Crippen LogP contribution in [0.1, 0.15) is 61.5 Å². The van der Waals surface area contributed by atoms with Gasteiger partial charge in [0.2, 0.25) is 5.91 Å². The maximum atomic E-state index is 13.8. The smallest absolute Gasteiger partial charge is 0.341 e. The van der Waals surface area contributed by atoms with E-state index in [4.69, 9.17) is 0 Å². The molecule has 0 radical (unpaired) electrons. The first-order valence-electron chi connectivity index (χ1n) is 11.0. The molecule has 1 aliphatic heterocycles. The Labute approximate surface area is 183 Å². The molecule has 1 fully saturated rings. The van der Waals surface area contributed by atoms with Crippen LogP contribution in [0.4, 0.5) is 0 Å². The minimum atomic E-state index is -0.336. The largest absolute Gasteiger partial charge is 0.345 e. The number of benzene rings is 2. The molecule has 0 bridgehead atoms. The van der Waals surface area contributed by atoms with Gasteiger partial charge in [-0.2, -0.15) is 5.10 Å². The Balaban J connectivity index is 1.65. The summed E-state index contributed by atoms with van der Waals surface area (Å²) in [7, 11) is 1.69. The van der Waals surface area contributed by atoms with Gasteiger partial charge < -0.3 is 4.90 Å². The molecule has 1 saturated heterocycles. The maximum absolute atomic E-state index is 13.8. The number of carbonyl (C=O) groups excluding carboxylic acids is 1. The standard InChI is InChI=1S/C25H30N4O2/c1-18(2)29-23(26-27(3)25(29)31)21-15-10-16-28(17-21)24(30)22(19-11-6-4-7-12-19)20-13-8-5-9-14-20/h4-9,11-14,18,21-22H,10,15-17H2,1-3H3. The zero-order chi connectivity index (χ0) is 22.0. The van der Waals surface area contributed by atoms with E-state index < -0.39 is 0 Å². The summed E-state index contributed by atoms with van der Waals surface area (Å²) in [5, 5.41) is 4.54. The second-order valence-corrected chi connectivity index (χ2v) is 8.61. The number of nitrogens with zero attached hydrogens (tertiary/aromatic N) is 4. The lowest BCUT2D eigenvalue weighted by Crippen LogP contribution is -2.42. The van der Waals surface area contributed by atoms with E-state index in [1.54, 1.807) is 11.6 Å². The van der Waals surface area contributed by atoms with Gasteiger partial charge in [-0.15, -0.1) is 0 Å². The molecule has 6 heteroatoms. The Morgan fingerprint density at radius 3 is 2.13 bits per heavy atom. The lowest BCUT2D eigenvalue weighted by Gasteiger charge is -2.35. The van der Waals surface area contributed by atoms with Crippen molar-refractivity contribution in [3.63, 3.8) is 0 Å². The summed E-state index contributed by atoms with van der Waals surface area (Å²) < 4.78 is 3.18. The fraction of sp³-hybridized carbons (Fsp3) is 0.400. The Bertz CT molecular complexity index is 1050. The minimum Gasteiger partial charge on any atom is -0.341 e. The lowest BCUT2D eigenvalue weighted by atomic mass is 9.88. The van der Waals surface area contributed by atoms with E-state index in [2.05, 4.69) is 5.10 Å². The molecule has 1 atom stereocenters. The Hall–Kier alpha value is -3.15. The number of hydrogen-bond donors (Lipinski definition) is 0. The van der Waals surface area contributed by atoms with Gasteiger partial charge in [0, 0.05) is 32.1 Å². The first kappa shape index (κ1) is 21.1. The molecule has 1 aromatic heterocycles. The molecular formula is C25H30N4O2. The average Bonchev–Trinajstić information content (AvgIpc) is 3.10. The average molecular weight is 419 g/mol. The summed E-state index contributed by atoms with van der Waals surface area (Å²) in [6, 6.07) is 20.0. The molecule has 2 heterocycles. The number of aromatic nitrogens is 3. The van der Waals surface area contributed by atoms with Crippen LogP contribution in [-0.4, -0.2) is 38.2 Å². The van der Waals surface area contributed by atoms with Crippen molar-refractivity contribution in [3.8, 4) is 0 Å². The van der Waals surface area contributed by atoms with Crippen molar-refractivity contribution >= 4 is 5.91 Å². The van der Waals surface area contributed by atoms with Gasteiger partial charge in [-0.3, -0.25) is 9.36 Å². The van der Waals surface area contributed by atoms with E-state index in [9.17, 15) is 9.59 Å². The summed E-state index contributed by atoms with van der Waals surface area (Å²) in [5.74, 6) is 0.616. The third-order valence-electron chi connectivity index (χ3n) is 6.11. The van der Waals surface area contributed by atoms with Crippen molar-refractivity contribution in [2.45, 2.75) is 44.6 Å². The highest BCUT2D eigenvalue weighted by Crippen LogP contribution is 2.31. The first-order chi connectivity index (χ1) is 15.0. The van der Waals surface area contributed by atoms with Gasteiger partial charge in [0.1, 0.15) is 5.82 Å². The van der Waals surface area contributed by atoms with Gasteiger partial charge in [-0.1, -0.05) is 60.7 Å². The Morgan fingerprint density at radius 1 is 1.00 bits per heavy atom. The van der Waals surface area contributed by atoms with E-state index in [1.165, 1.54) is 4.68 Å². The maximum Gasteiger partial charge on any atom is 0.345 e. The minimum absolute atomic E-state index is 0.0312. The van der Waals surface area contributed by atoms with Crippen molar-refractivity contribution in [2.24, 2.45) is 7.05 Å². The number of rotatable bonds is 5. The monoisotopic (exact) mass is 418 g/mol. The van der Waals surface area contributed by atoms with Crippen molar-refractivity contribution in [1.29, 1.82) is 0 Å². The second-order valence-electron chi connectivity index (χ2n) is 8.61. The summed E-state index contributed by atoms with van der Waals surface area (Å²) in [4.78, 5) is 28.3. The second kappa shape index (κ2) is 8.92. The summed E-state index contributed by atoms with van der Waals surface area (Å²) >= 11 is 0. The molecule has 1 amide bonds. The van der Waals surface area contributed by atoms with Crippen LogP contribution in [0.5, 0.6) is 0 Å². The van der Waals surface area contributed by atoms with E-state index in [0.29, 0.717) is 6.54 Å². The van der Waals surface area contributed by atoms with Crippen LogP contribution in [0.2, 0.25) is 0 Å². The van der Waals surface area contributed by atoms with Crippen LogP contribution in [0.3, 0.4) is 0 Å². The van der Waals surface area contributed by atoms with Crippen LogP contribution >= 0.6 is 0 Å². The summed E-state index contributed by atoms with van der Waals surface area (Å²) in [6.07, 6.45) is 1.82. The molecule has 1 unspecified atom stereocenters. The quantitative estimate of drug-likeness (QED) is 0.635. The molecule has 31 heavy (non-hydrogen) atoms. The predicted octanol–water partition coefficient (Wildman–Crippen LogP) is 3.70. The molecule has 0 N–H and O–H groups in total. The van der Waals surface area contributed by atoms with E-state index in [1.807, 2.05) is 79.4 Å². The van der Waals surface area contributed by atoms with Crippen LogP contribution in [-0.2, 0) is 11.8 Å². The highest BCUT2D eigenvalue weighted by Gasteiger charge is 2.33. The topological polar surface area (TPSA) is 60.1 Å². The number of amides is 1. The Morgan fingerprint density at radius 2 is 1.58 bits per heavy atom. The predicted molar refractivity (Wildman–Crippen MR) is 121 cm³/mol. The molecule has 0 aliphatic carbocycles. The number of hydrogen-bond acceptors (Lipinski definition) is 3. The Kier molecular flexibility index (Phi) is 6.07. The van der Waals surface area contributed by atoms with Gasteiger partial charge in [0.25, 0.3) is 0 Å². The third kappa shape index (κ3) is 4.20. The van der Waals surface area contributed by atoms with Gasteiger partial charge >= 0.3 is 5.69 Å². The van der Waals surface area contributed by atoms with Crippen molar-refractivity contribution in [2.75, 3.05) is 13.1 Å². The van der Waals surface area contributed by atoms with Gasteiger partial charge in [-0.25, -0.2) is 9.48 Å². The van der Waals surface area contributed by atoms with Crippen LogP contribution in [0.25, 0.3) is 0 Å². The third-order valence-corrected chi connectivity index (χ3v) is 6.11. The fourth-order valence-electron chi connectivity index (χ4n) is 4.60. The van der Waals surface area contributed by atoms with Gasteiger partial charge in [0.15, 0.2) is 0 Å². The SMILES string of the molecule is CC(C)n1c(C2CCCN(C(=O)C(c3ccccc3)c3ccccc3)C2)nn(C)c1=O. The summed E-state index contributed by atoms with van der Waals surface area (Å²) in [5.41, 5.74) is 1.90. The highest BCUT2D eigenvalue weighted by molar-refractivity contribution is 5.87. The highest BCUT2D eigenvalue weighted by atomic mass is 16.2. The van der Waals surface area contributed by atoms with E-state index >= 15 is 0 Å². The zero-order valence-corrected chi connectivity index (χ0v) is 18.4. The zero-order valence-electron chi connectivity index (χ0n) is 18.4. The van der Waals surface area contributed by atoms with Crippen LogP contribution < -0.4 is 5.69 Å². The molecule has 3 aromatic rings. The number of aryl methyl sites for hydroxylation is 1. The molecule has 4 rings (SSSR count). The molecule has 6 nitrogen and oxygen atoms in total. The van der Waals surface area contributed by atoms with Crippen molar-refractivity contribution < 1.29 is 4.79 Å². The van der Waals surface area contributed by atoms with Crippen LogP contribution in [0, 0.1) is 0 Å². The molecule has 0 spiro atoms. The van der Waals surface area contributed by atoms with E-state index in [-0.39, 0.29) is 29.5 Å². The molecular weight excluding hydrogens is 388 g/mol. The number of carbonyl (C=O) groups is 1. The lowest BCUT2D eigenvalue weighted by molar-refractivity contribution is -0.133. The van der Waals surface area contributed by atoms with Crippen LogP contribution in [0.15, 0.2) is 65.5 Å². The normalized spacial score (nSPS) is 16.8. The van der Waals surface area contributed by atoms with Gasteiger partial charge in [-0.05, 0) is 37.8 Å². The van der Waals surface area contributed by atoms with Crippen molar-refractivity contribution in [1.82, 2.24) is 19.2 Å². The summed E-state index contributed by atoms with van der Waals surface area (Å²) in [6.45, 7) is 5.31. The molecule has 2 aromatic carbocycles. The molecule has 162 valence electrons. The number of piperidine rings is 1. The van der Waals surface area contributed by atoms with E-state index in [0.717, 1.165) is 36.3 Å². The molecule has 0 saturated carbocycles. The van der Waals surface area contributed by atoms with Gasteiger partial charge in [0.05, 0.1) is 5.92 Å².